The van der Waals surface area contributed by atoms with Crippen LogP contribution in [-0.2, 0) is 4.79 Å². The Morgan fingerprint density at radius 1 is 1.32 bits per heavy atom. The van der Waals surface area contributed by atoms with E-state index in [1.807, 2.05) is 24.3 Å². The second-order valence-corrected chi connectivity index (χ2v) is 5.47. The number of carbonyl (C=O) groups is 1. The van der Waals surface area contributed by atoms with E-state index in [2.05, 4.69) is 5.32 Å². The van der Waals surface area contributed by atoms with Gasteiger partial charge in [-0.05, 0) is 30.7 Å². The number of fused-ring (bicyclic) bond motifs is 1. The summed E-state index contributed by atoms with van der Waals surface area (Å²) in [6, 6.07) is 12.8. The van der Waals surface area contributed by atoms with Gasteiger partial charge >= 0.3 is 0 Å². The molecule has 1 aliphatic rings. The van der Waals surface area contributed by atoms with E-state index in [1.54, 1.807) is 25.3 Å². The van der Waals surface area contributed by atoms with E-state index in [0.717, 1.165) is 11.3 Å². The zero-order valence-electron chi connectivity index (χ0n) is 12.1. The molecule has 1 N–H and O–H groups in total. The predicted octanol–water partition coefficient (Wildman–Crippen LogP) is 3.85. The number of carbonyl (C=O) groups excluding carboxylic acids is 1. The third kappa shape index (κ3) is 2.88. The molecule has 0 aromatic heterocycles. The van der Waals surface area contributed by atoms with Gasteiger partial charge in [0.05, 0.1) is 24.7 Å². The van der Waals surface area contributed by atoms with E-state index >= 15 is 0 Å². The third-order valence-electron chi connectivity index (χ3n) is 3.69. The number of hydrogen-bond donors (Lipinski definition) is 1. The summed E-state index contributed by atoms with van der Waals surface area (Å²) in [7, 11) is 1.55. The number of anilines is 1. The van der Waals surface area contributed by atoms with Gasteiger partial charge in [0, 0.05) is 11.3 Å². The zero-order valence-corrected chi connectivity index (χ0v) is 12.9. The summed E-state index contributed by atoms with van der Waals surface area (Å²) in [5.41, 5.74) is 1.57. The first-order valence-electron chi connectivity index (χ1n) is 7.05. The van der Waals surface area contributed by atoms with Gasteiger partial charge in [0.2, 0.25) is 5.91 Å². The Hall–Kier alpha value is -2.20. The highest BCUT2D eigenvalue weighted by molar-refractivity contribution is 6.32. The average Bonchev–Trinajstić information content (AvgIpc) is 2.54. The minimum Gasteiger partial charge on any atom is -0.495 e. The van der Waals surface area contributed by atoms with E-state index in [0.29, 0.717) is 29.5 Å². The second-order valence-electron chi connectivity index (χ2n) is 5.07. The van der Waals surface area contributed by atoms with E-state index in [4.69, 9.17) is 21.1 Å². The maximum absolute atomic E-state index is 12.6. The Morgan fingerprint density at radius 2 is 2.14 bits per heavy atom. The van der Waals surface area contributed by atoms with Crippen LogP contribution in [0.1, 0.15) is 17.9 Å². The third-order valence-corrected chi connectivity index (χ3v) is 3.99. The normalized spacial score (nSPS) is 16.4. The highest BCUT2D eigenvalue weighted by Crippen LogP contribution is 2.34. The van der Waals surface area contributed by atoms with Gasteiger partial charge in [-0.2, -0.15) is 0 Å². The topological polar surface area (TPSA) is 47.6 Å². The average molecular weight is 318 g/mol. The molecule has 0 saturated heterocycles. The lowest BCUT2D eigenvalue weighted by atomic mass is 9.92. The summed E-state index contributed by atoms with van der Waals surface area (Å²) in [6.07, 6.45) is 0.659. The highest BCUT2D eigenvalue weighted by Gasteiger charge is 2.27. The molecule has 114 valence electrons. The fraction of sp³-hybridized carbons (Fsp3) is 0.235. The van der Waals surface area contributed by atoms with Crippen LogP contribution in [0.15, 0.2) is 42.5 Å². The van der Waals surface area contributed by atoms with Crippen LogP contribution >= 0.6 is 11.6 Å². The van der Waals surface area contributed by atoms with Crippen molar-refractivity contribution in [3.8, 4) is 11.5 Å². The maximum atomic E-state index is 12.6. The molecule has 1 amide bonds. The summed E-state index contributed by atoms with van der Waals surface area (Å²) in [6.45, 7) is 0.540. The molecule has 0 radical (unpaired) electrons. The van der Waals surface area contributed by atoms with Gasteiger partial charge in [-0.3, -0.25) is 4.79 Å². The quantitative estimate of drug-likeness (QED) is 0.935. The van der Waals surface area contributed by atoms with Gasteiger partial charge in [-0.15, -0.1) is 0 Å². The molecule has 0 bridgehead atoms. The molecule has 22 heavy (non-hydrogen) atoms. The molecule has 1 aliphatic heterocycles. The van der Waals surface area contributed by atoms with Crippen molar-refractivity contribution in [2.45, 2.75) is 12.3 Å². The van der Waals surface area contributed by atoms with Crippen LogP contribution in [0.3, 0.4) is 0 Å². The standard InChI is InChI=1S/C17H16ClNO3/c1-21-16-7-6-11(10-14(16)18)19-17(20)13-8-9-22-15-5-3-2-4-12(13)15/h2-7,10,13H,8-9H2,1H3,(H,19,20). The number of nitrogens with one attached hydrogen (secondary N) is 1. The van der Waals surface area contributed by atoms with Gasteiger partial charge in [-0.25, -0.2) is 0 Å². The smallest absolute Gasteiger partial charge is 0.232 e. The van der Waals surface area contributed by atoms with Crippen LogP contribution in [0.5, 0.6) is 11.5 Å². The summed E-state index contributed by atoms with van der Waals surface area (Å²) < 4.78 is 10.7. The first-order chi connectivity index (χ1) is 10.7. The first-order valence-corrected chi connectivity index (χ1v) is 7.43. The fourth-order valence-electron chi connectivity index (χ4n) is 2.59. The van der Waals surface area contributed by atoms with E-state index in [-0.39, 0.29) is 11.8 Å². The van der Waals surface area contributed by atoms with Crippen molar-refractivity contribution in [1.29, 1.82) is 0 Å². The van der Waals surface area contributed by atoms with Crippen LogP contribution in [0, 0.1) is 0 Å². The minimum atomic E-state index is -0.217. The van der Waals surface area contributed by atoms with Crippen LogP contribution in [0.4, 0.5) is 5.69 Å². The monoisotopic (exact) mass is 317 g/mol. The maximum Gasteiger partial charge on any atom is 0.232 e. The number of halogens is 1. The molecule has 2 aromatic carbocycles. The van der Waals surface area contributed by atoms with Crippen molar-refractivity contribution in [3.05, 3.63) is 53.1 Å². The Kier molecular flexibility index (Phi) is 4.20. The van der Waals surface area contributed by atoms with Gasteiger partial charge in [0.25, 0.3) is 0 Å². The fourth-order valence-corrected chi connectivity index (χ4v) is 2.85. The molecule has 0 spiro atoms. The number of methoxy groups -OCH3 is 1. The lowest BCUT2D eigenvalue weighted by Crippen LogP contribution is -2.26. The molecule has 0 fully saturated rings. The van der Waals surface area contributed by atoms with E-state index < -0.39 is 0 Å². The zero-order chi connectivity index (χ0) is 15.5. The molecule has 1 unspecified atom stereocenters. The largest absolute Gasteiger partial charge is 0.495 e. The first kappa shape index (κ1) is 14.7. The molecular formula is C17H16ClNO3. The molecule has 2 aromatic rings. The van der Waals surface area contributed by atoms with Gasteiger partial charge in [0.1, 0.15) is 11.5 Å². The minimum absolute atomic E-state index is 0.0583. The van der Waals surface area contributed by atoms with Gasteiger partial charge in [0.15, 0.2) is 0 Å². The molecule has 0 saturated carbocycles. The Bertz CT molecular complexity index is 702. The Morgan fingerprint density at radius 3 is 2.91 bits per heavy atom. The van der Waals surface area contributed by atoms with Crippen LogP contribution in [0.2, 0.25) is 5.02 Å². The lowest BCUT2D eigenvalue weighted by molar-refractivity contribution is -0.118. The predicted molar refractivity (Wildman–Crippen MR) is 85.9 cm³/mol. The Labute approximate surface area is 134 Å². The van der Waals surface area contributed by atoms with Gasteiger partial charge in [-0.1, -0.05) is 29.8 Å². The van der Waals surface area contributed by atoms with Crippen LogP contribution in [-0.4, -0.2) is 19.6 Å². The number of amides is 1. The summed E-state index contributed by atoms with van der Waals surface area (Å²) >= 11 is 6.08. The van der Waals surface area contributed by atoms with E-state index in [1.165, 1.54) is 0 Å². The lowest BCUT2D eigenvalue weighted by Gasteiger charge is -2.25. The summed E-state index contributed by atoms with van der Waals surface area (Å²) in [4.78, 5) is 12.6. The molecular weight excluding hydrogens is 302 g/mol. The number of ether oxygens (including phenoxy) is 2. The van der Waals surface area contributed by atoms with Crippen molar-refractivity contribution < 1.29 is 14.3 Å². The number of para-hydroxylation sites is 1. The Balaban J connectivity index is 1.79. The number of benzene rings is 2. The summed E-state index contributed by atoms with van der Waals surface area (Å²) in [5, 5.41) is 3.38. The van der Waals surface area contributed by atoms with Crippen molar-refractivity contribution in [1.82, 2.24) is 0 Å². The van der Waals surface area contributed by atoms with Crippen LogP contribution < -0.4 is 14.8 Å². The highest BCUT2D eigenvalue weighted by atomic mass is 35.5. The number of hydrogen-bond acceptors (Lipinski definition) is 3. The van der Waals surface area contributed by atoms with Gasteiger partial charge < -0.3 is 14.8 Å². The SMILES string of the molecule is COc1ccc(NC(=O)C2CCOc3ccccc32)cc1Cl. The van der Waals surface area contributed by atoms with Crippen molar-refractivity contribution in [2.75, 3.05) is 19.0 Å². The van der Waals surface area contributed by atoms with E-state index in [9.17, 15) is 4.79 Å². The molecule has 5 heteroatoms. The molecule has 1 heterocycles. The van der Waals surface area contributed by atoms with Crippen molar-refractivity contribution in [2.24, 2.45) is 0 Å². The summed E-state index contributed by atoms with van der Waals surface area (Å²) in [5.74, 6) is 1.08. The van der Waals surface area contributed by atoms with Crippen molar-refractivity contribution in [3.63, 3.8) is 0 Å². The van der Waals surface area contributed by atoms with Crippen molar-refractivity contribution >= 4 is 23.2 Å². The van der Waals surface area contributed by atoms with Crippen LogP contribution in [0.25, 0.3) is 0 Å². The molecule has 3 rings (SSSR count). The molecule has 4 nitrogen and oxygen atoms in total. The number of rotatable bonds is 3. The second kappa shape index (κ2) is 6.28. The molecule has 0 aliphatic carbocycles. The molecule has 1 atom stereocenters.